The van der Waals surface area contributed by atoms with Gasteiger partial charge >= 0.3 is 0 Å². The van der Waals surface area contributed by atoms with Gasteiger partial charge in [-0.25, -0.2) is 15.9 Å². The van der Waals surface area contributed by atoms with E-state index in [4.69, 9.17) is 5.90 Å². The maximum atomic E-state index is 11.2. The van der Waals surface area contributed by atoms with Crippen molar-refractivity contribution in [1.82, 2.24) is 19.5 Å². The lowest BCUT2D eigenvalue weighted by atomic mass is 10.5. The van der Waals surface area contributed by atoms with E-state index in [-0.39, 0.29) is 5.56 Å². The Morgan fingerprint density at radius 1 is 1.57 bits per heavy atom. The van der Waals surface area contributed by atoms with Gasteiger partial charge in [0.1, 0.15) is 0 Å². The second-order valence-corrected chi connectivity index (χ2v) is 2.71. The number of nitrogens with one attached hydrogen (secondary N) is 1. The molecule has 74 valence electrons. The summed E-state index contributed by atoms with van der Waals surface area (Å²) in [6.45, 7) is 0.864. The summed E-state index contributed by atoms with van der Waals surface area (Å²) in [5, 5.41) is 0. The Kier molecular flexibility index (Phi) is 2.25. The van der Waals surface area contributed by atoms with E-state index < -0.39 is 0 Å². The second kappa shape index (κ2) is 3.56. The van der Waals surface area contributed by atoms with Crippen LogP contribution in [0.4, 0.5) is 0 Å². The molecule has 3 N–H and O–H groups in total. The first-order chi connectivity index (χ1) is 6.83. The van der Waals surface area contributed by atoms with E-state index in [1.165, 1.54) is 12.7 Å². The van der Waals surface area contributed by atoms with Crippen LogP contribution in [0.2, 0.25) is 0 Å². The van der Waals surface area contributed by atoms with Gasteiger partial charge in [-0.2, -0.15) is 0 Å². The summed E-state index contributed by atoms with van der Waals surface area (Å²) < 4.78 is 1.71. The Labute approximate surface area is 78.5 Å². The van der Waals surface area contributed by atoms with Crippen LogP contribution in [0.3, 0.4) is 0 Å². The molecule has 0 bridgehead atoms. The molecule has 0 atom stereocenters. The molecule has 2 rings (SSSR count). The monoisotopic (exact) mass is 195 g/mol. The van der Waals surface area contributed by atoms with E-state index in [9.17, 15) is 4.79 Å². The molecule has 0 spiro atoms. The fourth-order valence-electron chi connectivity index (χ4n) is 1.21. The van der Waals surface area contributed by atoms with Crippen LogP contribution in [-0.4, -0.2) is 26.1 Å². The van der Waals surface area contributed by atoms with Gasteiger partial charge < -0.3 is 14.4 Å². The maximum absolute atomic E-state index is 11.2. The molecule has 7 heteroatoms. The molecule has 0 saturated heterocycles. The zero-order valence-electron chi connectivity index (χ0n) is 7.30. The third kappa shape index (κ3) is 1.38. The number of aromatic nitrogens is 4. The summed E-state index contributed by atoms with van der Waals surface area (Å²) in [6.07, 6.45) is 2.87. The van der Waals surface area contributed by atoms with Gasteiger partial charge in [-0.15, -0.1) is 0 Å². The van der Waals surface area contributed by atoms with Gasteiger partial charge in [-0.05, 0) is 0 Å². The van der Waals surface area contributed by atoms with Crippen molar-refractivity contribution in [1.29, 1.82) is 0 Å². The van der Waals surface area contributed by atoms with Crippen LogP contribution in [0.1, 0.15) is 0 Å². The van der Waals surface area contributed by atoms with Gasteiger partial charge in [0.2, 0.25) is 0 Å². The first kappa shape index (κ1) is 8.85. The first-order valence-electron chi connectivity index (χ1n) is 4.03. The Balaban J connectivity index is 2.47. The molecule has 7 nitrogen and oxygen atoms in total. The highest BCUT2D eigenvalue weighted by Gasteiger charge is 2.05. The van der Waals surface area contributed by atoms with Gasteiger partial charge in [0.15, 0.2) is 11.2 Å². The SMILES string of the molecule is NOCCn1cnc2c(=O)[nH]cnc21. The molecule has 0 fully saturated rings. The average molecular weight is 195 g/mol. The molecule has 14 heavy (non-hydrogen) atoms. The Morgan fingerprint density at radius 2 is 2.43 bits per heavy atom. The number of rotatable bonds is 3. The zero-order chi connectivity index (χ0) is 9.97. The molecular weight excluding hydrogens is 186 g/mol. The van der Waals surface area contributed by atoms with Gasteiger partial charge in [-0.1, -0.05) is 0 Å². The number of H-pyrrole nitrogens is 1. The summed E-state index contributed by atoms with van der Waals surface area (Å²) in [5.41, 5.74) is 0.609. The lowest BCUT2D eigenvalue weighted by molar-refractivity contribution is 0.130. The standard InChI is InChI=1S/C7H9N5O2/c8-14-2-1-12-4-11-5-6(12)9-3-10-7(5)13/h3-4H,1-2,8H2,(H,9,10,13). The zero-order valence-corrected chi connectivity index (χ0v) is 7.30. The summed E-state index contributed by atoms with van der Waals surface area (Å²) in [7, 11) is 0. The van der Waals surface area contributed by atoms with Crippen molar-refractivity contribution in [3.8, 4) is 0 Å². The number of aromatic amines is 1. The van der Waals surface area contributed by atoms with Crippen LogP contribution in [0.5, 0.6) is 0 Å². The van der Waals surface area contributed by atoms with Gasteiger partial charge in [-0.3, -0.25) is 4.79 Å². The summed E-state index contributed by atoms with van der Waals surface area (Å²) in [5.74, 6) is 4.90. The summed E-state index contributed by atoms with van der Waals surface area (Å²) >= 11 is 0. The Bertz CT molecular complexity index is 488. The number of nitrogens with zero attached hydrogens (tertiary/aromatic N) is 3. The minimum absolute atomic E-state index is 0.248. The van der Waals surface area contributed by atoms with Crippen molar-refractivity contribution in [3.63, 3.8) is 0 Å². The molecule has 0 aliphatic carbocycles. The van der Waals surface area contributed by atoms with Crippen LogP contribution >= 0.6 is 0 Å². The number of hydrogen-bond donors (Lipinski definition) is 2. The highest BCUT2D eigenvalue weighted by Crippen LogP contribution is 2.02. The van der Waals surface area contributed by atoms with E-state index in [1.807, 2.05) is 0 Å². The van der Waals surface area contributed by atoms with Crippen LogP contribution in [0.15, 0.2) is 17.4 Å². The quantitative estimate of drug-likeness (QED) is 0.612. The summed E-state index contributed by atoms with van der Waals surface area (Å²) in [6, 6.07) is 0. The summed E-state index contributed by atoms with van der Waals surface area (Å²) in [4.78, 5) is 26.1. The van der Waals surface area contributed by atoms with E-state index in [2.05, 4.69) is 19.8 Å². The Hall–Kier alpha value is -1.73. The molecule has 0 aliphatic heterocycles. The third-order valence-electron chi connectivity index (χ3n) is 1.86. The molecule has 0 radical (unpaired) electrons. The van der Waals surface area contributed by atoms with Crippen LogP contribution in [0.25, 0.3) is 11.2 Å². The van der Waals surface area contributed by atoms with Crippen molar-refractivity contribution >= 4 is 11.2 Å². The largest absolute Gasteiger partial charge is 0.313 e. The predicted octanol–water partition coefficient (Wildman–Crippen LogP) is -0.990. The van der Waals surface area contributed by atoms with E-state index in [1.54, 1.807) is 4.57 Å². The molecule has 2 aromatic heterocycles. The minimum atomic E-state index is -0.248. The highest BCUT2D eigenvalue weighted by molar-refractivity contribution is 5.68. The number of nitrogens with two attached hydrogens (primary N) is 1. The smallest absolute Gasteiger partial charge is 0.278 e. The van der Waals surface area contributed by atoms with Crippen molar-refractivity contribution in [3.05, 3.63) is 23.0 Å². The van der Waals surface area contributed by atoms with Crippen molar-refractivity contribution in [2.75, 3.05) is 6.61 Å². The molecule has 0 unspecified atom stereocenters. The highest BCUT2D eigenvalue weighted by atomic mass is 16.6. The average Bonchev–Trinajstić information content (AvgIpc) is 2.60. The second-order valence-electron chi connectivity index (χ2n) is 2.71. The lowest BCUT2D eigenvalue weighted by Crippen LogP contribution is -2.11. The third-order valence-corrected chi connectivity index (χ3v) is 1.86. The van der Waals surface area contributed by atoms with Crippen molar-refractivity contribution in [2.45, 2.75) is 6.54 Å². The van der Waals surface area contributed by atoms with Gasteiger partial charge in [0.25, 0.3) is 5.56 Å². The van der Waals surface area contributed by atoms with Crippen LogP contribution in [-0.2, 0) is 11.4 Å². The number of fused-ring (bicyclic) bond motifs is 1. The van der Waals surface area contributed by atoms with E-state index in [0.29, 0.717) is 24.3 Å². The topological polar surface area (TPSA) is 98.8 Å². The van der Waals surface area contributed by atoms with Crippen molar-refractivity contribution in [2.24, 2.45) is 5.90 Å². The number of imidazole rings is 1. The molecule has 0 aliphatic rings. The normalized spacial score (nSPS) is 10.9. The fraction of sp³-hybridized carbons (Fsp3) is 0.286. The molecule has 2 heterocycles. The maximum Gasteiger partial charge on any atom is 0.278 e. The predicted molar refractivity (Wildman–Crippen MR) is 48.3 cm³/mol. The number of hydrogen-bond acceptors (Lipinski definition) is 5. The van der Waals surface area contributed by atoms with Crippen LogP contribution < -0.4 is 11.5 Å². The molecule has 0 amide bonds. The van der Waals surface area contributed by atoms with Gasteiger partial charge in [0.05, 0.1) is 25.8 Å². The van der Waals surface area contributed by atoms with Gasteiger partial charge in [0, 0.05) is 0 Å². The fourth-order valence-corrected chi connectivity index (χ4v) is 1.21. The first-order valence-corrected chi connectivity index (χ1v) is 4.03. The molecular formula is C7H9N5O2. The lowest BCUT2D eigenvalue weighted by Gasteiger charge is -2.00. The molecule has 0 saturated carbocycles. The van der Waals surface area contributed by atoms with E-state index in [0.717, 1.165) is 0 Å². The Morgan fingerprint density at radius 3 is 3.21 bits per heavy atom. The molecule has 0 aromatic carbocycles. The van der Waals surface area contributed by atoms with E-state index >= 15 is 0 Å². The minimum Gasteiger partial charge on any atom is -0.313 e. The van der Waals surface area contributed by atoms with Crippen LogP contribution in [0, 0.1) is 0 Å². The van der Waals surface area contributed by atoms with Crippen molar-refractivity contribution < 1.29 is 4.84 Å². The molecule has 2 aromatic rings.